The van der Waals surface area contributed by atoms with Crippen molar-refractivity contribution in [2.45, 2.75) is 19.7 Å². The maximum atomic E-state index is 14.0. The molecule has 4 N–H and O–H groups in total. The zero-order valence-electron chi connectivity index (χ0n) is 17.4. The second-order valence-electron chi connectivity index (χ2n) is 7.83. The molecule has 1 aromatic heterocycles. The average Bonchev–Trinajstić information content (AvgIpc) is 3.24. The molecule has 0 fully saturated rings. The summed E-state index contributed by atoms with van der Waals surface area (Å²) < 4.78 is 27.8. The van der Waals surface area contributed by atoms with E-state index in [4.69, 9.17) is 11.6 Å². The van der Waals surface area contributed by atoms with Crippen molar-refractivity contribution in [3.63, 3.8) is 0 Å². The van der Waals surface area contributed by atoms with Gasteiger partial charge in [-0.3, -0.25) is 9.63 Å². The number of aromatic nitrogens is 2. The molecule has 1 amide bonds. The maximum absolute atomic E-state index is 14.0. The van der Waals surface area contributed by atoms with E-state index in [1.54, 1.807) is 23.1 Å². The van der Waals surface area contributed by atoms with Crippen molar-refractivity contribution in [1.29, 1.82) is 0 Å². The third-order valence-electron chi connectivity index (χ3n) is 5.74. The lowest BCUT2D eigenvalue weighted by Crippen LogP contribution is -2.27. The Morgan fingerprint density at radius 2 is 1.70 bits per heavy atom. The summed E-state index contributed by atoms with van der Waals surface area (Å²) in [4.78, 5) is 28.2. The molecule has 33 heavy (non-hydrogen) atoms. The van der Waals surface area contributed by atoms with E-state index >= 15 is 0 Å². The van der Waals surface area contributed by atoms with Crippen LogP contribution < -0.4 is 11.6 Å². The van der Waals surface area contributed by atoms with E-state index in [9.17, 15) is 13.6 Å². The number of carbonyl (C=O) groups excluding carboxylic acids is 1. The molecule has 2 heterocycles. The molecule has 0 radical (unpaired) electrons. The van der Waals surface area contributed by atoms with Gasteiger partial charge in [0.15, 0.2) is 11.6 Å². The lowest BCUT2D eigenvalue weighted by Gasteiger charge is -2.17. The van der Waals surface area contributed by atoms with E-state index in [1.807, 2.05) is 24.3 Å². The third kappa shape index (κ3) is 3.77. The number of halogens is 2. The van der Waals surface area contributed by atoms with Gasteiger partial charge in [-0.05, 0) is 52.1 Å². The molecule has 166 valence electrons. The van der Waals surface area contributed by atoms with Crippen molar-refractivity contribution in [2.75, 3.05) is 5.73 Å². The summed E-state index contributed by atoms with van der Waals surface area (Å²) in [7, 11) is 0. The number of fused-ring (bicyclic) bond motifs is 2. The molecule has 0 bridgehead atoms. The number of benzene rings is 3. The molecular formula is C24H19F2N5O2. The Bertz CT molecular complexity index is 1380. The molecule has 9 heteroatoms. The number of anilines is 1. The zero-order chi connectivity index (χ0) is 23.1. The Labute approximate surface area is 187 Å². The van der Waals surface area contributed by atoms with Crippen molar-refractivity contribution in [2.24, 2.45) is 5.90 Å². The Balaban J connectivity index is 1.61. The molecule has 0 saturated heterocycles. The van der Waals surface area contributed by atoms with Crippen LogP contribution in [0, 0.1) is 11.6 Å². The second-order valence-corrected chi connectivity index (χ2v) is 7.83. The molecule has 0 saturated carbocycles. The minimum atomic E-state index is -1.01. The monoisotopic (exact) mass is 447 g/mol. The van der Waals surface area contributed by atoms with E-state index in [0.29, 0.717) is 40.7 Å². The summed E-state index contributed by atoms with van der Waals surface area (Å²) in [5, 5.41) is 0.451. The molecule has 1 aliphatic rings. The highest BCUT2D eigenvalue weighted by Crippen LogP contribution is 2.32. The normalized spacial score (nSPS) is 12.9. The molecule has 0 atom stereocenters. The van der Waals surface area contributed by atoms with Gasteiger partial charge in [0.25, 0.3) is 5.91 Å². The average molecular weight is 447 g/mol. The number of hydrogen-bond acceptors (Lipinski definition) is 6. The van der Waals surface area contributed by atoms with Crippen LogP contribution in [0.1, 0.15) is 27.2 Å². The quantitative estimate of drug-likeness (QED) is 0.462. The molecule has 3 aromatic carbocycles. The van der Waals surface area contributed by atoms with E-state index < -0.39 is 11.6 Å². The summed E-state index contributed by atoms with van der Waals surface area (Å²) in [5.41, 5.74) is 9.90. The van der Waals surface area contributed by atoms with E-state index in [2.05, 4.69) is 14.8 Å². The highest BCUT2D eigenvalue weighted by atomic mass is 19.2. The molecule has 4 aromatic rings. The largest absolute Gasteiger partial charge is 0.368 e. The maximum Gasteiger partial charge on any atom is 0.273 e. The lowest BCUT2D eigenvalue weighted by atomic mass is 9.97. The first-order valence-electron chi connectivity index (χ1n) is 10.2. The number of hydrogen-bond donors (Lipinski definition) is 2. The van der Waals surface area contributed by atoms with Gasteiger partial charge in [0.2, 0.25) is 5.95 Å². The van der Waals surface area contributed by atoms with E-state index in [-0.39, 0.29) is 24.2 Å². The van der Waals surface area contributed by atoms with E-state index in [0.717, 1.165) is 23.3 Å². The van der Waals surface area contributed by atoms with Crippen LogP contribution in [-0.2, 0) is 24.5 Å². The first-order valence-corrected chi connectivity index (χ1v) is 10.2. The number of rotatable bonds is 4. The van der Waals surface area contributed by atoms with Gasteiger partial charge in [-0.25, -0.2) is 24.6 Å². The summed E-state index contributed by atoms with van der Waals surface area (Å²) in [6.07, 6.45) is 0. The molecular weight excluding hydrogens is 428 g/mol. The summed E-state index contributed by atoms with van der Waals surface area (Å²) in [6, 6.07) is 14.9. The Morgan fingerprint density at radius 1 is 1.00 bits per heavy atom. The van der Waals surface area contributed by atoms with Crippen molar-refractivity contribution in [1.82, 2.24) is 14.9 Å². The van der Waals surface area contributed by atoms with Crippen molar-refractivity contribution in [3.05, 3.63) is 88.6 Å². The molecule has 0 aliphatic carbocycles. The topological polar surface area (TPSA) is 107 Å². The first kappa shape index (κ1) is 20.9. The highest BCUT2D eigenvalue weighted by Gasteiger charge is 2.27. The fraction of sp³-hybridized carbons (Fsp3) is 0.125. The molecule has 0 unspecified atom stereocenters. The number of carbonyl (C=O) groups is 1. The molecule has 1 aliphatic heterocycles. The van der Waals surface area contributed by atoms with Gasteiger partial charge in [0.1, 0.15) is 5.69 Å². The van der Waals surface area contributed by atoms with Gasteiger partial charge in [-0.1, -0.05) is 30.3 Å². The Kier molecular flexibility index (Phi) is 5.20. The molecule has 7 nitrogen and oxygen atoms in total. The van der Waals surface area contributed by atoms with Crippen LogP contribution in [0.4, 0.5) is 14.7 Å². The summed E-state index contributed by atoms with van der Waals surface area (Å²) in [5.74, 6) is 2.84. The van der Waals surface area contributed by atoms with Crippen LogP contribution in [0.25, 0.3) is 22.0 Å². The number of nitrogens with zero attached hydrogens (tertiary/aromatic N) is 3. The van der Waals surface area contributed by atoms with Gasteiger partial charge >= 0.3 is 0 Å². The Hall–Kier alpha value is -3.95. The fourth-order valence-electron chi connectivity index (χ4n) is 4.17. The van der Waals surface area contributed by atoms with Gasteiger partial charge in [0.05, 0.1) is 12.1 Å². The summed E-state index contributed by atoms with van der Waals surface area (Å²) >= 11 is 0. The van der Waals surface area contributed by atoms with Crippen LogP contribution in [0.3, 0.4) is 0 Å². The number of amides is 1. The van der Waals surface area contributed by atoms with Crippen LogP contribution in [-0.4, -0.2) is 20.8 Å². The number of nitrogen functional groups attached to an aromatic ring is 1. The summed E-state index contributed by atoms with van der Waals surface area (Å²) in [6.45, 7) is 0.795. The van der Waals surface area contributed by atoms with Gasteiger partial charge < -0.3 is 10.6 Å². The number of nitrogens with two attached hydrogens (primary N) is 2. The predicted octanol–water partition coefficient (Wildman–Crippen LogP) is 3.70. The molecule has 0 spiro atoms. The van der Waals surface area contributed by atoms with Gasteiger partial charge in [-0.15, -0.1) is 0 Å². The van der Waals surface area contributed by atoms with Crippen LogP contribution >= 0.6 is 0 Å². The lowest BCUT2D eigenvalue weighted by molar-refractivity contribution is 0.0747. The van der Waals surface area contributed by atoms with Crippen LogP contribution in [0.15, 0.2) is 54.6 Å². The van der Waals surface area contributed by atoms with Gasteiger partial charge in [-0.2, -0.15) is 0 Å². The molecule has 5 rings (SSSR count). The first-order chi connectivity index (χ1) is 15.9. The van der Waals surface area contributed by atoms with Gasteiger partial charge in [0, 0.05) is 18.5 Å². The van der Waals surface area contributed by atoms with Crippen LogP contribution in [0.2, 0.25) is 0 Å². The minimum absolute atomic E-state index is 0.0274. The van der Waals surface area contributed by atoms with E-state index in [1.165, 1.54) is 0 Å². The highest BCUT2D eigenvalue weighted by molar-refractivity contribution is 6.06. The van der Waals surface area contributed by atoms with Crippen molar-refractivity contribution in [3.8, 4) is 11.1 Å². The second kappa shape index (κ2) is 8.19. The predicted molar refractivity (Wildman–Crippen MR) is 118 cm³/mol. The fourth-order valence-corrected chi connectivity index (χ4v) is 4.17. The smallest absolute Gasteiger partial charge is 0.273 e. The third-order valence-corrected chi connectivity index (χ3v) is 5.74. The standard InChI is InChI=1S/C24H19F2N5O2/c25-19-8-16(12-33-28)17(9-20(19)26)13-5-6-21-18(7-13)22(30-24(27)29-21)23(32)31-10-14-3-1-2-4-15(14)11-31/h1-9H,10-12,28H2,(H2,27,29,30). The van der Waals surface area contributed by atoms with Crippen LogP contribution in [0.5, 0.6) is 0 Å². The Morgan fingerprint density at radius 3 is 2.39 bits per heavy atom. The van der Waals surface area contributed by atoms with Crippen molar-refractivity contribution < 1.29 is 18.4 Å². The van der Waals surface area contributed by atoms with Crippen molar-refractivity contribution >= 4 is 22.8 Å². The SMILES string of the molecule is NOCc1cc(F)c(F)cc1-c1ccc2nc(N)nc(C(=O)N3Cc4ccccc4C3)c2c1. The minimum Gasteiger partial charge on any atom is -0.368 e. The zero-order valence-corrected chi connectivity index (χ0v) is 17.4.